The van der Waals surface area contributed by atoms with Gasteiger partial charge in [-0.1, -0.05) is 42.3 Å². The summed E-state index contributed by atoms with van der Waals surface area (Å²) in [5.74, 6) is 0.682. The van der Waals surface area contributed by atoms with Gasteiger partial charge in [0.2, 0.25) is 0 Å². The molecule has 4 rings (SSSR count). The number of anilines is 1. The van der Waals surface area contributed by atoms with Crippen LogP contribution < -0.4 is 9.64 Å². The molecule has 2 heterocycles. The van der Waals surface area contributed by atoms with Crippen molar-refractivity contribution in [3.05, 3.63) is 52.5 Å². The smallest absolute Gasteiger partial charge is 0.260 e. The third kappa shape index (κ3) is 5.03. The third-order valence-electron chi connectivity index (χ3n) is 5.44. The van der Waals surface area contributed by atoms with Crippen LogP contribution in [-0.4, -0.2) is 36.8 Å². The second-order valence-electron chi connectivity index (χ2n) is 7.82. The van der Waals surface area contributed by atoms with Crippen molar-refractivity contribution in [2.24, 2.45) is 0 Å². The van der Waals surface area contributed by atoms with E-state index in [1.165, 1.54) is 11.3 Å². The van der Waals surface area contributed by atoms with Crippen LogP contribution >= 0.6 is 22.9 Å². The number of benzene rings is 2. The van der Waals surface area contributed by atoms with Crippen LogP contribution in [0.5, 0.6) is 5.75 Å². The molecule has 31 heavy (non-hydrogen) atoms. The average molecular weight is 459 g/mol. The number of hydrogen-bond donors (Lipinski definition) is 0. The van der Waals surface area contributed by atoms with Gasteiger partial charge in [0.05, 0.1) is 34.5 Å². The van der Waals surface area contributed by atoms with E-state index in [-0.39, 0.29) is 12.0 Å². The maximum Gasteiger partial charge on any atom is 0.260 e. The lowest BCUT2D eigenvalue weighted by Gasteiger charge is -2.23. The molecule has 164 valence electrons. The first-order valence-electron chi connectivity index (χ1n) is 10.8. The first-order valence-corrected chi connectivity index (χ1v) is 12.0. The van der Waals surface area contributed by atoms with Crippen molar-refractivity contribution in [2.75, 3.05) is 24.7 Å². The van der Waals surface area contributed by atoms with Crippen molar-refractivity contribution in [3.8, 4) is 5.75 Å². The van der Waals surface area contributed by atoms with Crippen molar-refractivity contribution >= 4 is 44.2 Å². The number of thiazole rings is 1. The van der Waals surface area contributed by atoms with Gasteiger partial charge < -0.3 is 9.47 Å². The summed E-state index contributed by atoms with van der Waals surface area (Å²) in [7, 11) is 0. The lowest BCUT2D eigenvalue weighted by atomic mass is 10.1. The quantitative estimate of drug-likeness (QED) is 0.373. The first-order chi connectivity index (χ1) is 15.1. The standard InChI is InChI=1S/C24H27ClN2O3S/c1-3-4-13-29-18-10-8-17(9-11-18)23(28)27(15-19-6-5-14-30-19)24-26-21-16(2)7-12-20(25)22(21)31-24/h7-12,19H,3-6,13-15H2,1-2H3. The van der Waals surface area contributed by atoms with Gasteiger partial charge in [-0.3, -0.25) is 9.69 Å². The molecule has 1 atom stereocenters. The predicted octanol–water partition coefficient (Wildman–Crippen LogP) is 6.26. The van der Waals surface area contributed by atoms with E-state index in [2.05, 4.69) is 6.92 Å². The summed E-state index contributed by atoms with van der Waals surface area (Å²) in [6.07, 6.45) is 4.07. The number of carbonyl (C=O) groups is 1. The van der Waals surface area contributed by atoms with Crippen molar-refractivity contribution < 1.29 is 14.3 Å². The van der Waals surface area contributed by atoms with Gasteiger partial charge in [-0.2, -0.15) is 0 Å². The molecule has 7 heteroatoms. The topological polar surface area (TPSA) is 51.7 Å². The number of halogens is 1. The first kappa shape index (κ1) is 22.1. The van der Waals surface area contributed by atoms with Gasteiger partial charge in [0.15, 0.2) is 5.13 Å². The lowest BCUT2D eigenvalue weighted by molar-refractivity contribution is 0.0917. The summed E-state index contributed by atoms with van der Waals surface area (Å²) in [6, 6.07) is 11.2. The molecule has 1 saturated heterocycles. The predicted molar refractivity (Wildman–Crippen MR) is 127 cm³/mol. The molecule has 0 spiro atoms. The Bertz CT molecular complexity index is 1010. The van der Waals surface area contributed by atoms with E-state index in [0.29, 0.717) is 28.9 Å². The van der Waals surface area contributed by atoms with Crippen LogP contribution in [0.2, 0.25) is 5.02 Å². The number of nitrogens with zero attached hydrogens (tertiary/aromatic N) is 2. The monoisotopic (exact) mass is 458 g/mol. The molecule has 0 aliphatic carbocycles. The summed E-state index contributed by atoms with van der Waals surface area (Å²) in [5, 5.41) is 1.30. The van der Waals surface area contributed by atoms with Gasteiger partial charge in [0, 0.05) is 12.2 Å². The van der Waals surface area contributed by atoms with E-state index >= 15 is 0 Å². The Morgan fingerprint density at radius 2 is 2.10 bits per heavy atom. The summed E-state index contributed by atoms with van der Waals surface area (Å²) in [5.41, 5.74) is 2.49. The lowest BCUT2D eigenvalue weighted by Crippen LogP contribution is -2.37. The zero-order valence-electron chi connectivity index (χ0n) is 17.9. The highest BCUT2D eigenvalue weighted by Gasteiger charge is 2.27. The number of aryl methyl sites for hydroxylation is 1. The van der Waals surface area contributed by atoms with Gasteiger partial charge in [0.1, 0.15) is 5.75 Å². The van der Waals surface area contributed by atoms with Crippen molar-refractivity contribution in [2.45, 2.75) is 45.6 Å². The normalized spacial score (nSPS) is 16.0. The minimum atomic E-state index is -0.0940. The number of carbonyl (C=O) groups excluding carboxylic acids is 1. The third-order valence-corrected chi connectivity index (χ3v) is 6.98. The van der Waals surface area contributed by atoms with E-state index in [0.717, 1.165) is 53.8 Å². The van der Waals surface area contributed by atoms with E-state index in [9.17, 15) is 4.79 Å². The van der Waals surface area contributed by atoms with Crippen LogP contribution in [0.25, 0.3) is 10.2 Å². The molecule has 0 saturated carbocycles. The van der Waals surface area contributed by atoms with Crippen LogP contribution in [0.3, 0.4) is 0 Å². The molecule has 0 bridgehead atoms. The van der Waals surface area contributed by atoms with Crippen LogP contribution in [0.4, 0.5) is 5.13 Å². The van der Waals surface area contributed by atoms with Gasteiger partial charge in [-0.05, 0) is 62.1 Å². The van der Waals surface area contributed by atoms with Crippen LogP contribution in [0.1, 0.15) is 48.5 Å². The molecule has 0 N–H and O–H groups in total. The van der Waals surface area contributed by atoms with E-state index in [1.54, 1.807) is 4.90 Å². The average Bonchev–Trinajstić information content (AvgIpc) is 3.45. The molecule has 1 unspecified atom stereocenters. The molecule has 1 aromatic heterocycles. The Balaban J connectivity index is 1.62. The van der Waals surface area contributed by atoms with Crippen LogP contribution in [-0.2, 0) is 4.74 Å². The SMILES string of the molecule is CCCCOc1ccc(C(=O)N(CC2CCCO2)c2nc3c(C)ccc(Cl)c3s2)cc1. The van der Waals surface area contributed by atoms with E-state index < -0.39 is 0 Å². The minimum absolute atomic E-state index is 0.0178. The fourth-order valence-electron chi connectivity index (χ4n) is 3.63. The molecular weight excluding hydrogens is 432 g/mol. The number of rotatable bonds is 8. The second-order valence-corrected chi connectivity index (χ2v) is 9.20. The second kappa shape index (κ2) is 9.98. The number of hydrogen-bond acceptors (Lipinski definition) is 5. The summed E-state index contributed by atoms with van der Waals surface area (Å²) < 4.78 is 12.5. The molecule has 0 radical (unpaired) electrons. The number of aromatic nitrogens is 1. The highest BCUT2D eigenvalue weighted by molar-refractivity contribution is 7.23. The number of amides is 1. The minimum Gasteiger partial charge on any atom is -0.494 e. The molecule has 1 amide bonds. The van der Waals surface area contributed by atoms with Gasteiger partial charge in [-0.15, -0.1) is 0 Å². The Kier molecular flexibility index (Phi) is 7.10. The highest BCUT2D eigenvalue weighted by Crippen LogP contribution is 2.36. The van der Waals surface area contributed by atoms with Gasteiger partial charge in [-0.25, -0.2) is 4.98 Å². The molecule has 3 aromatic rings. The molecule has 5 nitrogen and oxygen atoms in total. The summed E-state index contributed by atoms with van der Waals surface area (Å²) in [6.45, 7) is 6.03. The zero-order chi connectivity index (χ0) is 21.8. The van der Waals surface area contributed by atoms with Crippen molar-refractivity contribution in [3.63, 3.8) is 0 Å². The summed E-state index contributed by atoms with van der Waals surface area (Å²) >= 11 is 7.86. The Labute approximate surface area is 191 Å². The van der Waals surface area contributed by atoms with E-state index in [4.69, 9.17) is 26.1 Å². The molecule has 1 aliphatic rings. The van der Waals surface area contributed by atoms with Gasteiger partial charge >= 0.3 is 0 Å². The summed E-state index contributed by atoms with van der Waals surface area (Å²) in [4.78, 5) is 20.0. The largest absolute Gasteiger partial charge is 0.494 e. The fourth-order valence-corrected chi connectivity index (χ4v) is 4.95. The van der Waals surface area contributed by atoms with Crippen molar-refractivity contribution in [1.29, 1.82) is 0 Å². The number of unbranched alkanes of at least 4 members (excludes halogenated alkanes) is 1. The molecule has 2 aromatic carbocycles. The van der Waals surface area contributed by atoms with Gasteiger partial charge in [0.25, 0.3) is 5.91 Å². The highest BCUT2D eigenvalue weighted by atomic mass is 35.5. The Hall–Kier alpha value is -2.15. The molecule has 1 aliphatic heterocycles. The maximum atomic E-state index is 13.5. The zero-order valence-corrected chi connectivity index (χ0v) is 19.5. The van der Waals surface area contributed by atoms with Crippen molar-refractivity contribution in [1.82, 2.24) is 4.98 Å². The molecular formula is C24H27ClN2O3S. The van der Waals surface area contributed by atoms with Crippen LogP contribution in [0.15, 0.2) is 36.4 Å². The van der Waals surface area contributed by atoms with E-state index in [1.807, 2.05) is 43.3 Å². The fraction of sp³-hybridized carbons (Fsp3) is 0.417. The number of ether oxygens (including phenoxy) is 2. The Morgan fingerprint density at radius 1 is 1.29 bits per heavy atom. The maximum absolute atomic E-state index is 13.5. The Morgan fingerprint density at radius 3 is 2.77 bits per heavy atom. The van der Waals surface area contributed by atoms with Crippen LogP contribution in [0, 0.1) is 6.92 Å². The molecule has 1 fully saturated rings. The number of fused-ring (bicyclic) bond motifs is 1.